The average Bonchev–Trinajstić information content (AvgIpc) is 3.58. The highest BCUT2D eigenvalue weighted by Crippen LogP contribution is 2.31. The number of amides is 4. The molecule has 2 aromatic heterocycles. The van der Waals surface area contributed by atoms with Gasteiger partial charge in [-0.2, -0.15) is 0 Å². The number of nitrogens with zero attached hydrogens (tertiary/aromatic N) is 6. The summed E-state index contributed by atoms with van der Waals surface area (Å²) in [5.74, 6) is -0.401. The van der Waals surface area contributed by atoms with Crippen LogP contribution in [0, 0.1) is 12.7 Å². The van der Waals surface area contributed by atoms with Crippen molar-refractivity contribution in [2.24, 2.45) is 0 Å². The first-order chi connectivity index (χ1) is 22.8. The van der Waals surface area contributed by atoms with Gasteiger partial charge in [-0.1, -0.05) is 29.5 Å². The van der Waals surface area contributed by atoms with E-state index in [0.29, 0.717) is 51.1 Å². The van der Waals surface area contributed by atoms with Crippen LogP contribution in [0.4, 0.5) is 19.7 Å². The number of halogens is 1. The number of H-pyrrole nitrogens is 1. The van der Waals surface area contributed by atoms with Crippen LogP contribution in [0.1, 0.15) is 54.0 Å². The van der Waals surface area contributed by atoms with E-state index in [0.717, 1.165) is 40.7 Å². The number of carbonyl (C=O) groups is 3. The molecule has 5 heterocycles. The van der Waals surface area contributed by atoms with E-state index in [1.165, 1.54) is 6.07 Å². The molecule has 4 amide bonds. The molecule has 3 aliphatic heterocycles. The van der Waals surface area contributed by atoms with Crippen LogP contribution >= 0.6 is 0 Å². The van der Waals surface area contributed by atoms with Gasteiger partial charge in [-0.05, 0) is 73.6 Å². The monoisotopic (exact) mass is 640 g/mol. The number of nitrogens with one attached hydrogen (secondary N) is 2. The summed E-state index contributed by atoms with van der Waals surface area (Å²) >= 11 is 0. The number of piperidine rings is 2. The number of fused-ring (bicyclic) bond motifs is 2. The second kappa shape index (κ2) is 13.0. The Hall–Kier alpha value is -5.07. The number of rotatable bonds is 6. The fourth-order valence-electron chi connectivity index (χ4n) is 7.05. The van der Waals surface area contributed by atoms with E-state index >= 15 is 0 Å². The third-order valence-corrected chi connectivity index (χ3v) is 9.64. The molecule has 2 aromatic carbocycles. The molecule has 0 bridgehead atoms. The Morgan fingerprint density at radius 3 is 2.57 bits per heavy atom. The van der Waals surface area contributed by atoms with E-state index in [1.807, 2.05) is 37.3 Å². The van der Waals surface area contributed by atoms with Crippen molar-refractivity contribution in [3.8, 4) is 0 Å². The van der Waals surface area contributed by atoms with E-state index in [9.17, 15) is 18.8 Å². The zero-order chi connectivity index (χ0) is 32.5. The SMILES string of the molecule is Cc1cc(CC(OC(=O)N2CCC(N3Cc4cccc(F)c4NC3=O)CC2)C(=O)N2CCC(c3ccccn3)CC2)cc2nn[nH]c12. The summed E-state index contributed by atoms with van der Waals surface area (Å²) in [5, 5.41) is 13.6. The van der Waals surface area contributed by atoms with Crippen molar-refractivity contribution in [3.05, 3.63) is 82.9 Å². The van der Waals surface area contributed by atoms with Crippen LogP contribution in [0.3, 0.4) is 0 Å². The molecule has 2 fully saturated rings. The Morgan fingerprint density at radius 2 is 1.81 bits per heavy atom. The van der Waals surface area contributed by atoms with Crippen molar-refractivity contribution in [3.63, 3.8) is 0 Å². The molecule has 1 unspecified atom stereocenters. The number of aromatic amines is 1. The van der Waals surface area contributed by atoms with Crippen LogP contribution in [0.15, 0.2) is 54.7 Å². The Bertz CT molecular complexity index is 1780. The van der Waals surface area contributed by atoms with Gasteiger partial charge in [0.25, 0.3) is 5.91 Å². The van der Waals surface area contributed by atoms with Crippen LogP contribution in [0.5, 0.6) is 0 Å². The molecule has 12 nitrogen and oxygen atoms in total. The third-order valence-electron chi connectivity index (χ3n) is 9.64. The van der Waals surface area contributed by atoms with Crippen LogP contribution in [-0.2, 0) is 22.5 Å². The lowest BCUT2D eigenvalue weighted by molar-refractivity contribution is -0.142. The average molecular weight is 641 g/mol. The van der Waals surface area contributed by atoms with Gasteiger partial charge in [-0.15, -0.1) is 5.10 Å². The second-order valence-corrected chi connectivity index (χ2v) is 12.6. The molecule has 0 spiro atoms. The van der Waals surface area contributed by atoms with Gasteiger partial charge in [0.15, 0.2) is 6.10 Å². The fraction of sp³-hybridized carbons (Fsp3) is 0.412. The summed E-state index contributed by atoms with van der Waals surface area (Å²) in [7, 11) is 0. The molecule has 47 heavy (non-hydrogen) atoms. The number of hydrogen-bond donors (Lipinski definition) is 2. The smallest absolute Gasteiger partial charge is 0.410 e. The molecule has 2 N–H and O–H groups in total. The van der Waals surface area contributed by atoms with Crippen LogP contribution < -0.4 is 5.32 Å². The Kier molecular flexibility index (Phi) is 8.44. The number of urea groups is 1. The third kappa shape index (κ3) is 6.34. The van der Waals surface area contributed by atoms with Crippen LogP contribution in [-0.4, -0.2) is 91.5 Å². The van der Waals surface area contributed by atoms with Gasteiger partial charge in [0, 0.05) is 63.0 Å². The van der Waals surface area contributed by atoms with E-state index in [1.54, 1.807) is 33.0 Å². The second-order valence-electron chi connectivity index (χ2n) is 12.6. The summed E-state index contributed by atoms with van der Waals surface area (Å²) in [6, 6.07) is 14.0. The number of anilines is 1. The van der Waals surface area contributed by atoms with E-state index in [4.69, 9.17) is 4.74 Å². The highest BCUT2D eigenvalue weighted by molar-refractivity contribution is 5.92. The molecular weight excluding hydrogens is 603 g/mol. The molecule has 1 atom stereocenters. The molecule has 4 aromatic rings. The number of ether oxygens (including phenoxy) is 1. The first-order valence-electron chi connectivity index (χ1n) is 16.1. The van der Waals surface area contributed by atoms with Crippen molar-refractivity contribution in [1.29, 1.82) is 0 Å². The highest BCUT2D eigenvalue weighted by Gasteiger charge is 2.36. The standard InChI is InChI=1S/C34H37FN8O4/c1-21-17-22(18-28-30(21)39-40-38-28)19-29(32(44)41-13-8-23(9-14-41)27-7-2-3-12-36-27)47-34(46)42-15-10-25(11-16-42)43-20-24-5-4-6-26(35)31(24)37-33(43)45/h2-7,12,17-18,23,25,29H,8-11,13-16,19-20H2,1H3,(H,37,45)(H,38,39,40). The van der Waals surface area contributed by atoms with Gasteiger partial charge in [-0.3, -0.25) is 14.9 Å². The quantitative estimate of drug-likeness (QED) is 0.310. The summed E-state index contributed by atoms with van der Waals surface area (Å²) in [4.78, 5) is 50.0. The lowest BCUT2D eigenvalue weighted by atomic mass is 9.92. The molecular formula is C34H37FN8O4. The van der Waals surface area contributed by atoms with Crippen molar-refractivity contribution >= 4 is 34.8 Å². The predicted octanol–water partition coefficient (Wildman–Crippen LogP) is 4.77. The van der Waals surface area contributed by atoms with Gasteiger partial charge >= 0.3 is 12.1 Å². The minimum absolute atomic E-state index is 0.120. The number of aryl methyl sites for hydroxylation is 1. The van der Waals surface area contributed by atoms with Gasteiger partial charge in [0.1, 0.15) is 11.3 Å². The van der Waals surface area contributed by atoms with Crippen molar-refractivity contribution < 1.29 is 23.5 Å². The summed E-state index contributed by atoms with van der Waals surface area (Å²) in [5.41, 5.74) is 5.24. The number of aromatic nitrogens is 4. The normalized spacial score (nSPS) is 18.2. The Balaban J connectivity index is 1.02. The summed E-state index contributed by atoms with van der Waals surface area (Å²) in [6.07, 6.45) is 3.05. The molecule has 244 valence electrons. The Morgan fingerprint density at radius 1 is 1.02 bits per heavy atom. The van der Waals surface area contributed by atoms with Gasteiger partial charge < -0.3 is 24.8 Å². The molecule has 0 aliphatic carbocycles. The van der Waals surface area contributed by atoms with E-state index in [-0.39, 0.29) is 36.0 Å². The molecule has 3 aliphatic rings. The number of likely N-dealkylation sites (tertiary alicyclic amines) is 2. The maximum Gasteiger partial charge on any atom is 0.410 e. The van der Waals surface area contributed by atoms with E-state index in [2.05, 4.69) is 25.7 Å². The predicted molar refractivity (Wildman–Crippen MR) is 171 cm³/mol. The first-order valence-corrected chi connectivity index (χ1v) is 16.1. The maximum absolute atomic E-state index is 14.2. The number of para-hydroxylation sites is 1. The maximum atomic E-state index is 14.2. The molecule has 13 heteroatoms. The number of pyridine rings is 1. The fourth-order valence-corrected chi connectivity index (χ4v) is 7.05. The first kappa shape index (κ1) is 30.6. The largest absolute Gasteiger partial charge is 0.436 e. The minimum Gasteiger partial charge on any atom is -0.436 e. The van der Waals surface area contributed by atoms with Gasteiger partial charge in [0.2, 0.25) is 0 Å². The van der Waals surface area contributed by atoms with Crippen molar-refractivity contribution in [1.82, 2.24) is 35.1 Å². The van der Waals surface area contributed by atoms with Gasteiger partial charge in [0.05, 0.1) is 11.2 Å². The van der Waals surface area contributed by atoms with Crippen molar-refractivity contribution in [2.75, 3.05) is 31.5 Å². The summed E-state index contributed by atoms with van der Waals surface area (Å²) in [6.45, 7) is 4.07. The molecule has 7 rings (SSSR count). The minimum atomic E-state index is -1.02. The lowest BCUT2D eigenvalue weighted by Gasteiger charge is -2.40. The topological polar surface area (TPSA) is 137 Å². The molecule has 2 saturated heterocycles. The van der Waals surface area contributed by atoms with Crippen LogP contribution in [0.25, 0.3) is 11.0 Å². The van der Waals surface area contributed by atoms with E-state index < -0.39 is 18.0 Å². The van der Waals surface area contributed by atoms with Crippen LogP contribution in [0.2, 0.25) is 0 Å². The molecule has 0 saturated carbocycles. The summed E-state index contributed by atoms with van der Waals surface area (Å²) < 4.78 is 20.2. The number of carbonyl (C=O) groups excluding carboxylic acids is 3. The zero-order valence-electron chi connectivity index (χ0n) is 26.2. The number of benzene rings is 2. The van der Waals surface area contributed by atoms with Crippen molar-refractivity contribution in [2.45, 2.75) is 63.6 Å². The Labute approximate surface area is 271 Å². The number of hydrogen-bond acceptors (Lipinski definition) is 7. The lowest BCUT2D eigenvalue weighted by Crippen LogP contribution is -2.52. The zero-order valence-corrected chi connectivity index (χ0v) is 26.2. The van der Waals surface area contributed by atoms with Gasteiger partial charge in [-0.25, -0.2) is 14.0 Å². The highest BCUT2D eigenvalue weighted by atomic mass is 19.1. The molecule has 0 radical (unpaired) electrons.